The summed E-state index contributed by atoms with van der Waals surface area (Å²) in [6.45, 7) is 4.77. The molecule has 134 valence electrons. The monoisotopic (exact) mass is 344 g/mol. The standard InChI is InChI=1S/C23H36S/c1-17(2)14-19-10-6-7-11-22(19)20-12-13-23(24-3)21(16-20)15-18-8-4-5-9-18/h7,11-13,16-20,22-23H,4-6,8-10,14-15H2,1-3H3. The molecule has 0 bridgehead atoms. The molecule has 1 fully saturated rings. The average molecular weight is 345 g/mol. The van der Waals surface area contributed by atoms with E-state index in [1.165, 1.54) is 51.4 Å². The quantitative estimate of drug-likeness (QED) is 0.466. The molecule has 0 N–H and O–H groups in total. The van der Waals surface area contributed by atoms with Crippen molar-refractivity contribution in [2.75, 3.05) is 6.26 Å². The van der Waals surface area contributed by atoms with Crippen LogP contribution in [0.25, 0.3) is 0 Å². The normalized spacial score (nSPS) is 34.1. The molecule has 4 unspecified atom stereocenters. The molecule has 0 aromatic rings. The Balaban J connectivity index is 1.74. The van der Waals surface area contributed by atoms with Crippen LogP contribution >= 0.6 is 11.8 Å². The molecule has 0 aromatic carbocycles. The zero-order chi connectivity index (χ0) is 16.9. The highest BCUT2D eigenvalue weighted by atomic mass is 32.2. The van der Waals surface area contributed by atoms with Crippen LogP contribution in [0, 0.1) is 29.6 Å². The smallest absolute Gasteiger partial charge is 0.0434 e. The summed E-state index contributed by atoms with van der Waals surface area (Å²) in [7, 11) is 0. The fourth-order valence-corrected chi connectivity index (χ4v) is 5.91. The third kappa shape index (κ3) is 4.59. The van der Waals surface area contributed by atoms with Crippen molar-refractivity contribution in [3.05, 3.63) is 36.0 Å². The summed E-state index contributed by atoms with van der Waals surface area (Å²) in [6.07, 6.45) is 26.3. The van der Waals surface area contributed by atoms with Crippen LogP contribution in [0.5, 0.6) is 0 Å². The highest BCUT2D eigenvalue weighted by molar-refractivity contribution is 7.99. The maximum atomic E-state index is 2.69. The first-order chi connectivity index (χ1) is 11.7. The van der Waals surface area contributed by atoms with E-state index in [-0.39, 0.29) is 0 Å². The fraction of sp³-hybridized carbons (Fsp3) is 0.739. The predicted octanol–water partition coefficient (Wildman–Crippen LogP) is 7.04. The molecule has 0 radical (unpaired) electrons. The first-order valence-corrected chi connectivity index (χ1v) is 11.5. The lowest BCUT2D eigenvalue weighted by Gasteiger charge is -2.35. The van der Waals surface area contributed by atoms with E-state index in [2.05, 4.69) is 50.5 Å². The Kier molecular flexibility index (Phi) is 6.72. The largest absolute Gasteiger partial charge is 0.153 e. The first kappa shape index (κ1) is 18.4. The maximum absolute atomic E-state index is 2.69. The Morgan fingerprint density at radius 1 is 1.08 bits per heavy atom. The van der Waals surface area contributed by atoms with Crippen LogP contribution in [0.2, 0.25) is 0 Å². The van der Waals surface area contributed by atoms with Crippen LogP contribution in [0.1, 0.15) is 65.2 Å². The van der Waals surface area contributed by atoms with E-state index in [9.17, 15) is 0 Å². The third-order valence-corrected chi connectivity index (χ3v) is 7.33. The zero-order valence-corrected chi connectivity index (χ0v) is 16.7. The Morgan fingerprint density at radius 2 is 1.88 bits per heavy atom. The molecule has 0 saturated heterocycles. The Morgan fingerprint density at radius 3 is 2.58 bits per heavy atom. The number of hydrogen-bond acceptors (Lipinski definition) is 1. The lowest BCUT2D eigenvalue weighted by Crippen LogP contribution is -2.26. The van der Waals surface area contributed by atoms with Crippen molar-refractivity contribution in [2.24, 2.45) is 29.6 Å². The summed E-state index contributed by atoms with van der Waals surface area (Å²) >= 11 is 2.02. The fourth-order valence-electron chi connectivity index (χ4n) is 5.19. The zero-order valence-electron chi connectivity index (χ0n) is 15.9. The van der Waals surface area contributed by atoms with Crippen molar-refractivity contribution < 1.29 is 0 Å². The van der Waals surface area contributed by atoms with Gasteiger partial charge in [-0.2, -0.15) is 11.8 Å². The number of allylic oxidation sites excluding steroid dienone is 4. The molecule has 0 heterocycles. The molecule has 0 aromatic heterocycles. The van der Waals surface area contributed by atoms with Crippen molar-refractivity contribution in [3.8, 4) is 0 Å². The predicted molar refractivity (Wildman–Crippen MR) is 109 cm³/mol. The topological polar surface area (TPSA) is 0 Å². The van der Waals surface area contributed by atoms with E-state index in [0.717, 1.165) is 23.7 Å². The van der Waals surface area contributed by atoms with Gasteiger partial charge < -0.3 is 0 Å². The van der Waals surface area contributed by atoms with Gasteiger partial charge in [0.2, 0.25) is 0 Å². The summed E-state index contributed by atoms with van der Waals surface area (Å²) < 4.78 is 0. The minimum Gasteiger partial charge on any atom is -0.153 e. The van der Waals surface area contributed by atoms with Gasteiger partial charge in [0.1, 0.15) is 0 Å². The van der Waals surface area contributed by atoms with Crippen LogP contribution in [-0.4, -0.2) is 11.5 Å². The third-order valence-electron chi connectivity index (χ3n) is 6.36. The molecule has 24 heavy (non-hydrogen) atoms. The van der Waals surface area contributed by atoms with E-state index in [1.54, 1.807) is 5.57 Å². The van der Waals surface area contributed by atoms with Crippen LogP contribution in [0.3, 0.4) is 0 Å². The van der Waals surface area contributed by atoms with Crippen molar-refractivity contribution in [1.29, 1.82) is 0 Å². The minimum absolute atomic E-state index is 0.637. The molecule has 1 saturated carbocycles. The molecule has 3 rings (SSSR count). The van der Waals surface area contributed by atoms with Gasteiger partial charge in [-0.05, 0) is 55.6 Å². The highest BCUT2D eigenvalue weighted by Gasteiger charge is 2.30. The van der Waals surface area contributed by atoms with E-state index >= 15 is 0 Å². The van der Waals surface area contributed by atoms with Crippen molar-refractivity contribution in [1.82, 2.24) is 0 Å². The first-order valence-electron chi connectivity index (χ1n) is 10.3. The van der Waals surface area contributed by atoms with Gasteiger partial charge >= 0.3 is 0 Å². The highest BCUT2D eigenvalue weighted by Crippen LogP contribution is 2.41. The summed E-state index contributed by atoms with van der Waals surface area (Å²) in [5.74, 6) is 4.03. The van der Waals surface area contributed by atoms with Crippen LogP contribution in [0.4, 0.5) is 0 Å². The van der Waals surface area contributed by atoms with E-state index in [4.69, 9.17) is 0 Å². The molecule has 0 spiro atoms. The van der Waals surface area contributed by atoms with Crippen LogP contribution < -0.4 is 0 Å². The lowest BCUT2D eigenvalue weighted by atomic mass is 9.71. The Bertz CT molecular complexity index is 478. The van der Waals surface area contributed by atoms with Gasteiger partial charge in [0.25, 0.3) is 0 Å². The molecule has 0 amide bonds. The SMILES string of the molecule is CSC1C=CC(C2C=CCCC2CC(C)C)C=C1CC1CCCC1. The second kappa shape index (κ2) is 8.79. The summed E-state index contributed by atoms with van der Waals surface area (Å²) in [5, 5.41) is 0.637. The number of hydrogen-bond donors (Lipinski definition) is 0. The van der Waals surface area contributed by atoms with Gasteiger partial charge in [0.05, 0.1) is 0 Å². The summed E-state index contributed by atoms with van der Waals surface area (Å²) in [5.41, 5.74) is 1.74. The number of thioether (sulfide) groups is 1. The second-order valence-electron chi connectivity index (χ2n) is 8.69. The van der Waals surface area contributed by atoms with Crippen molar-refractivity contribution >= 4 is 11.8 Å². The minimum atomic E-state index is 0.637. The Hall–Kier alpha value is -0.430. The molecular weight excluding hydrogens is 308 g/mol. The molecule has 4 atom stereocenters. The van der Waals surface area contributed by atoms with Crippen molar-refractivity contribution in [2.45, 2.75) is 70.5 Å². The summed E-state index contributed by atoms with van der Waals surface area (Å²) in [6, 6.07) is 0. The van der Waals surface area contributed by atoms with Gasteiger partial charge in [-0.25, -0.2) is 0 Å². The lowest BCUT2D eigenvalue weighted by molar-refractivity contribution is 0.269. The maximum Gasteiger partial charge on any atom is 0.0434 e. The number of rotatable bonds is 6. The molecule has 0 aliphatic heterocycles. The van der Waals surface area contributed by atoms with Crippen LogP contribution in [-0.2, 0) is 0 Å². The molecule has 0 nitrogen and oxygen atoms in total. The molecule has 3 aliphatic carbocycles. The van der Waals surface area contributed by atoms with Crippen molar-refractivity contribution in [3.63, 3.8) is 0 Å². The molecular formula is C23H36S. The Labute approximate surface area is 154 Å². The summed E-state index contributed by atoms with van der Waals surface area (Å²) in [4.78, 5) is 0. The van der Waals surface area contributed by atoms with E-state index < -0.39 is 0 Å². The second-order valence-corrected chi connectivity index (χ2v) is 9.67. The average Bonchev–Trinajstić information content (AvgIpc) is 3.08. The van der Waals surface area contributed by atoms with Gasteiger partial charge in [-0.1, -0.05) is 75.5 Å². The van der Waals surface area contributed by atoms with Gasteiger partial charge in [0, 0.05) is 11.2 Å². The van der Waals surface area contributed by atoms with Gasteiger partial charge in [-0.15, -0.1) is 0 Å². The molecule has 3 aliphatic rings. The van der Waals surface area contributed by atoms with E-state index in [0.29, 0.717) is 11.2 Å². The van der Waals surface area contributed by atoms with Gasteiger partial charge in [-0.3, -0.25) is 0 Å². The van der Waals surface area contributed by atoms with Crippen LogP contribution in [0.15, 0.2) is 36.0 Å². The van der Waals surface area contributed by atoms with Gasteiger partial charge in [0.15, 0.2) is 0 Å². The molecule has 1 heteroatoms. The van der Waals surface area contributed by atoms with E-state index in [1.807, 2.05) is 11.8 Å².